The van der Waals surface area contributed by atoms with Crippen LogP contribution in [0.3, 0.4) is 0 Å². The lowest BCUT2D eigenvalue weighted by Gasteiger charge is -2.19. The number of aliphatic imine (C=N–C) groups is 1. The van der Waals surface area contributed by atoms with Crippen LogP contribution in [-0.4, -0.2) is 5.90 Å². The number of terminal acetylenes is 1. The minimum Gasteiger partial charge on any atom is -0.459 e. The summed E-state index contributed by atoms with van der Waals surface area (Å²) >= 11 is 5.86. The maximum atomic E-state index is 13.4. The lowest BCUT2D eigenvalue weighted by molar-refractivity contribution is 0.234. The van der Waals surface area contributed by atoms with E-state index in [0.717, 1.165) is 11.3 Å². The second-order valence-corrected chi connectivity index (χ2v) is 7.26. The van der Waals surface area contributed by atoms with E-state index in [1.807, 2.05) is 68.4 Å². The van der Waals surface area contributed by atoms with Crippen molar-refractivity contribution in [3.8, 4) is 23.8 Å². The van der Waals surface area contributed by atoms with Crippen molar-refractivity contribution in [1.29, 1.82) is 0 Å². The van der Waals surface area contributed by atoms with Gasteiger partial charge in [0.05, 0.1) is 10.7 Å². The minimum absolute atomic E-state index is 0.00128. The largest absolute Gasteiger partial charge is 0.459 e. The standard InChI is InChI=1S/C25H21ClFNO2/c1-4-24(18-9-8-12-21(15-18)29-20-10-6-5-7-11-20)30-25(17(2)3)28-19-13-14-23(27)22(26)16-19/h1,5-17,24H,2-3H3. The first-order valence-electron chi connectivity index (χ1n) is 9.45. The third-order valence-corrected chi connectivity index (χ3v) is 4.46. The van der Waals surface area contributed by atoms with Gasteiger partial charge < -0.3 is 9.47 Å². The zero-order chi connectivity index (χ0) is 21.5. The average molecular weight is 422 g/mol. The van der Waals surface area contributed by atoms with Gasteiger partial charge in [-0.25, -0.2) is 9.38 Å². The molecule has 0 aliphatic heterocycles. The van der Waals surface area contributed by atoms with Crippen molar-refractivity contribution < 1.29 is 13.9 Å². The first-order chi connectivity index (χ1) is 14.5. The van der Waals surface area contributed by atoms with Crippen LogP contribution in [0.15, 0.2) is 77.8 Å². The minimum atomic E-state index is -0.665. The van der Waals surface area contributed by atoms with Crippen molar-refractivity contribution in [1.82, 2.24) is 0 Å². The number of rotatable bonds is 6. The van der Waals surface area contributed by atoms with Gasteiger partial charge in [0.15, 0.2) is 12.0 Å². The number of ether oxygens (including phenoxy) is 2. The van der Waals surface area contributed by atoms with E-state index in [0.29, 0.717) is 17.3 Å². The molecule has 5 heteroatoms. The predicted molar refractivity (Wildman–Crippen MR) is 119 cm³/mol. The Morgan fingerprint density at radius 2 is 1.73 bits per heavy atom. The van der Waals surface area contributed by atoms with Crippen LogP contribution in [0, 0.1) is 24.1 Å². The summed E-state index contributed by atoms with van der Waals surface area (Å²) in [6.07, 6.45) is 5.09. The predicted octanol–water partition coefficient (Wildman–Crippen LogP) is 7.35. The van der Waals surface area contributed by atoms with E-state index in [1.165, 1.54) is 18.2 Å². The second kappa shape index (κ2) is 9.96. The summed E-state index contributed by atoms with van der Waals surface area (Å²) in [5, 5.41) is -0.00128. The van der Waals surface area contributed by atoms with Crippen LogP contribution < -0.4 is 4.74 Å². The van der Waals surface area contributed by atoms with E-state index in [4.69, 9.17) is 27.5 Å². The smallest absolute Gasteiger partial charge is 0.193 e. The molecule has 1 atom stereocenters. The highest BCUT2D eigenvalue weighted by Crippen LogP contribution is 2.28. The molecule has 3 aromatic rings. The fourth-order valence-corrected chi connectivity index (χ4v) is 2.83. The lowest BCUT2D eigenvalue weighted by atomic mass is 10.1. The zero-order valence-electron chi connectivity index (χ0n) is 16.7. The van der Waals surface area contributed by atoms with Crippen molar-refractivity contribution in [3.05, 3.63) is 89.2 Å². The Hall–Kier alpha value is -3.29. The van der Waals surface area contributed by atoms with Crippen molar-refractivity contribution in [2.45, 2.75) is 20.0 Å². The monoisotopic (exact) mass is 421 g/mol. The molecule has 0 fully saturated rings. The van der Waals surface area contributed by atoms with Gasteiger partial charge in [0.1, 0.15) is 17.3 Å². The molecule has 0 aliphatic carbocycles. The molecule has 0 bridgehead atoms. The van der Waals surface area contributed by atoms with Crippen LogP contribution in [0.25, 0.3) is 0 Å². The second-order valence-electron chi connectivity index (χ2n) is 6.86. The fourth-order valence-electron chi connectivity index (χ4n) is 2.66. The molecule has 30 heavy (non-hydrogen) atoms. The Kier molecular flexibility index (Phi) is 7.11. The molecule has 1 unspecified atom stereocenters. The molecule has 3 nitrogen and oxygen atoms in total. The van der Waals surface area contributed by atoms with Crippen LogP contribution in [0.4, 0.5) is 10.1 Å². The van der Waals surface area contributed by atoms with Gasteiger partial charge in [-0.15, -0.1) is 6.42 Å². The van der Waals surface area contributed by atoms with Gasteiger partial charge >= 0.3 is 0 Å². The van der Waals surface area contributed by atoms with Crippen LogP contribution in [0.5, 0.6) is 11.5 Å². The molecule has 0 saturated carbocycles. The van der Waals surface area contributed by atoms with Crippen LogP contribution in [0.2, 0.25) is 5.02 Å². The first-order valence-corrected chi connectivity index (χ1v) is 9.83. The molecular formula is C25H21ClFNO2. The molecule has 0 N–H and O–H groups in total. The van der Waals surface area contributed by atoms with Crippen molar-refractivity contribution in [2.24, 2.45) is 10.9 Å². The first kappa shape index (κ1) is 21.4. The molecule has 0 saturated heterocycles. The molecular weight excluding hydrogens is 401 g/mol. The number of para-hydroxylation sites is 1. The van der Waals surface area contributed by atoms with Gasteiger partial charge in [-0.3, -0.25) is 0 Å². The number of hydrogen-bond donors (Lipinski definition) is 0. The van der Waals surface area contributed by atoms with E-state index in [1.54, 1.807) is 0 Å². The number of benzene rings is 3. The van der Waals surface area contributed by atoms with Gasteiger partial charge in [-0.2, -0.15) is 0 Å². The molecule has 0 radical (unpaired) electrons. The highest BCUT2D eigenvalue weighted by Gasteiger charge is 2.17. The number of nitrogens with zero attached hydrogens (tertiary/aromatic N) is 1. The van der Waals surface area contributed by atoms with Crippen LogP contribution >= 0.6 is 11.6 Å². The summed E-state index contributed by atoms with van der Waals surface area (Å²) < 4.78 is 25.4. The average Bonchev–Trinajstić information content (AvgIpc) is 2.74. The molecule has 0 aliphatic rings. The fraction of sp³-hybridized carbons (Fsp3) is 0.160. The van der Waals surface area contributed by atoms with Gasteiger partial charge in [-0.05, 0) is 42.5 Å². The Labute approximate surface area is 181 Å². The third-order valence-electron chi connectivity index (χ3n) is 4.17. The Balaban J connectivity index is 1.83. The van der Waals surface area contributed by atoms with Gasteiger partial charge in [0.2, 0.25) is 0 Å². The Morgan fingerprint density at radius 1 is 1.00 bits per heavy atom. The maximum absolute atomic E-state index is 13.4. The Bertz CT molecular complexity index is 1070. The lowest BCUT2D eigenvalue weighted by Crippen LogP contribution is -2.15. The molecule has 0 aromatic heterocycles. The molecule has 152 valence electrons. The van der Waals surface area contributed by atoms with E-state index in [-0.39, 0.29) is 10.9 Å². The zero-order valence-corrected chi connectivity index (χ0v) is 17.4. The van der Waals surface area contributed by atoms with Crippen molar-refractivity contribution >= 4 is 23.2 Å². The van der Waals surface area contributed by atoms with Crippen molar-refractivity contribution in [3.63, 3.8) is 0 Å². The van der Waals surface area contributed by atoms with Crippen molar-refractivity contribution in [2.75, 3.05) is 0 Å². The normalized spacial score (nSPS) is 12.3. The van der Waals surface area contributed by atoms with E-state index >= 15 is 0 Å². The van der Waals surface area contributed by atoms with Gasteiger partial charge in [0, 0.05) is 11.5 Å². The summed E-state index contributed by atoms with van der Waals surface area (Å²) in [4.78, 5) is 4.48. The Morgan fingerprint density at radius 3 is 2.40 bits per heavy atom. The van der Waals surface area contributed by atoms with Crippen LogP contribution in [0.1, 0.15) is 25.5 Å². The molecule has 0 heterocycles. The van der Waals surface area contributed by atoms with E-state index < -0.39 is 11.9 Å². The summed E-state index contributed by atoms with van der Waals surface area (Å²) in [6, 6.07) is 21.1. The maximum Gasteiger partial charge on any atom is 0.193 e. The van der Waals surface area contributed by atoms with Gasteiger partial charge in [-0.1, -0.05) is 61.7 Å². The summed E-state index contributed by atoms with van der Waals surface area (Å²) in [5.41, 5.74) is 1.25. The van der Waals surface area contributed by atoms with Crippen LogP contribution in [-0.2, 0) is 4.74 Å². The molecule has 0 amide bonds. The molecule has 0 spiro atoms. The summed E-state index contributed by atoms with van der Waals surface area (Å²) in [7, 11) is 0. The summed E-state index contributed by atoms with van der Waals surface area (Å²) in [5.74, 6) is 3.91. The third kappa shape index (κ3) is 5.62. The van der Waals surface area contributed by atoms with Gasteiger partial charge in [0.25, 0.3) is 0 Å². The van der Waals surface area contributed by atoms with E-state index in [2.05, 4.69) is 10.9 Å². The quantitative estimate of drug-likeness (QED) is 0.236. The molecule has 3 aromatic carbocycles. The number of halogens is 2. The topological polar surface area (TPSA) is 30.8 Å². The molecule has 3 rings (SSSR count). The summed E-state index contributed by atoms with van der Waals surface area (Å²) in [6.45, 7) is 3.87. The number of hydrogen-bond acceptors (Lipinski definition) is 3. The SMILES string of the molecule is C#CC(OC(=Nc1ccc(F)c(Cl)c1)C(C)C)c1cccc(Oc2ccccc2)c1. The highest BCUT2D eigenvalue weighted by atomic mass is 35.5. The highest BCUT2D eigenvalue weighted by molar-refractivity contribution is 6.31. The van der Waals surface area contributed by atoms with E-state index in [9.17, 15) is 4.39 Å².